The normalized spacial score (nSPS) is 15.6. The number of nitrogens with one attached hydrogen (secondary N) is 1. The van der Waals surface area contributed by atoms with E-state index in [1.807, 2.05) is 0 Å². The summed E-state index contributed by atoms with van der Waals surface area (Å²) in [5.74, 6) is 0.845. The molecule has 4 heteroatoms. The number of amidine groups is 1. The van der Waals surface area contributed by atoms with E-state index in [9.17, 15) is 0 Å². The van der Waals surface area contributed by atoms with E-state index < -0.39 is 0 Å². The maximum Gasteiger partial charge on any atom is 0.147 e. The van der Waals surface area contributed by atoms with Crippen molar-refractivity contribution in [3.05, 3.63) is 29.0 Å². The SMILES string of the molecule is Clc1ccnc(C2=NCCN2)c1. The average molecular weight is 182 g/mol. The molecule has 3 nitrogen and oxygen atoms in total. The zero-order valence-electron chi connectivity index (χ0n) is 6.42. The van der Waals surface area contributed by atoms with E-state index in [1.165, 1.54) is 0 Å². The largest absolute Gasteiger partial charge is 0.367 e. The summed E-state index contributed by atoms with van der Waals surface area (Å²) in [5.41, 5.74) is 0.819. The van der Waals surface area contributed by atoms with Gasteiger partial charge in [0.15, 0.2) is 0 Å². The van der Waals surface area contributed by atoms with Crippen molar-refractivity contribution in [1.29, 1.82) is 0 Å². The summed E-state index contributed by atoms with van der Waals surface area (Å²) in [6.07, 6.45) is 1.68. The van der Waals surface area contributed by atoms with Gasteiger partial charge in [-0.25, -0.2) is 0 Å². The van der Waals surface area contributed by atoms with Gasteiger partial charge in [0.25, 0.3) is 0 Å². The van der Waals surface area contributed by atoms with Crippen molar-refractivity contribution in [3.8, 4) is 0 Å². The molecule has 0 bridgehead atoms. The lowest BCUT2D eigenvalue weighted by Crippen LogP contribution is -2.20. The van der Waals surface area contributed by atoms with Crippen LogP contribution in [0.3, 0.4) is 0 Å². The van der Waals surface area contributed by atoms with E-state index in [0.717, 1.165) is 24.6 Å². The van der Waals surface area contributed by atoms with Crippen LogP contribution in [0, 0.1) is 0 Å². The Kier molecular flexibility index (Phi) is 1.96. The van der Waals surface area contributed by atoms with Gasteiger partial charge in [-0.1, -0.05) is 11.6 Å². The zero-order valence-corrected chi connectivity index (χ0v) is 7.17. The van der Waals surface area contributed by atoms with E-state index in [1.54, 1.807) is 18.3 Å². The summed E-state index contributed by atoms with van der Waals surface area (Å²) in [6.45, 7) is 1.72. The minimum Gasteiger partial charge on any atom is -0.367 e. The van der Waals surface area contributed by atoms with Crippen LogP contribution in [0.1, 0.15) is 5.69 Å². The van der Waals surface area contributed by atoms with Gasteiger partial charge in [0.05, 0.1) is 6.54 Å². The molecule has 1 aliphatic rings. The first-order valence-corrected chi connectivity index (χ1v) is 4.14. The fourth-order valence-corrected chi connectivity index (χ4v) is 1.26. The summed E-state index contributed by atoms with van der Waals surface area (Å²) in [6, 6.07) is 3.55. The number of hydrogen-bond donors (Lipinski definition) is 1. The minimum absolute atomic E-state index is 0.691. The van der Waals surface area contributed by atoms with Crippen molar-refractivity contribution in [3.63, 3.8) is 0 Å². The molecule has 0 radical (unpaired) electrons. The van der Waals surface area contributed by atoms with Crippen LogP contribution in [0.25, 0.3) is 0 Å². The number of rotatable bonds is 1. The number of pyridine rings is 1. The quantitative estimate of drug-likeness (QED) is 0.704. The fourth-order valence-electron chi connectivity index (χ4n) is 1.10. The molecule has 0 aliphatic carbocycles. The third-order valence-electron chi connectivity index (χ3n) is 1.64. The van der Waals surface area contributed by atoms with Crippen molar-refractivity contribution in [2.75, 3.05) is 13.1 Å². The Morgan fingerprint density at radius 2 is 2.42 bits per heavy atom. The highest BCUT2D eigenvalue weighted by Gasteiger charge is 2.08. The summed E-state index contributed by atoms with van der Waals surface area (Å²) in [7, 11) is 0. The second-order valence-electron chi connectivity index (χ2n) is 2.52. The maximum absolute atomic E-state index is 5.80. The maximum atomic E-state index is 5.80. The Hall–Kier alpha value is -1.09. The Morgan fingerprint density at radius 1 is 1.50 bits per heavy atom. The minimum atomic E-state index is 0.691. The van der Waals surface area contributed by atoms with Crippen molar-refractivity contribution in [2.24, 2.45) is 4.99 Å². The summed E-state index contributed by atoms with van der Waals surface area (Å²) >= 11 is 5.80. The zero-order chi connectivity index (χ0) is 8.39. The molecule has 0 fully saturated rings. The molecule has 0 saturated heterocycles. The first-order chi connectivity index (χ1) is 5.86. The van der Waals surface area contributed by atoms with E-state index in [0.29, 0.717) is 5.02 Å². The highest BCUT2D eigenvalue weighted by atomic mass is 35.5. The van der Waals surface area contributed by atoms with Gasteiger partial charge < -0.3 is 5.32 Å². The Labute approximate surface area is 75.5 Å². The topological polar surface area (TPSA) is 37.3 Å². The van der Waals surface area contributed by atoms with Crippen molar-refractivity contribution in [1.82, 2.24) is 10.3 Å². The molecular weight excluding hydrogens is 174 g/mol. The van der Waals surface area contributed by atoms with Crippen LogP contribution in [0.5, 0.6) is 0 Å². The highest BCUT2D eigenvalue weighted by Crippen LogP contribution is 2.08. The Balaban J connectivity index is 2.33. The number of hydrogen-bond acceptors (Lipinski definition) is 3. The molecule has 2 heterocycles. The van der Waals surface area contributed by atoms with Crippen LogP contribution in [0.4, 0.5) is 0 Å². The van der Waals surface area contributed by atoms with Crippen LogP contribution >= 0.6 is 11.6 Å². The van der Waals surface area contributed by atoms with E-state index in [-0.39, 0.29) is 0 Å². The number of nitrogens with zero attached hydrogens (tertiary/aromatic N) is 2. The van der Waals surface area contributed by atoms with E-state index >= 15 is 0 Å². The predicted molar refractivity (Wildman–Crippen MR) is 48.7 cm³/mol. The second-order valence-corrected chi connectivity index (χ2v) is 2.95. The predicted octanol–water partition coefficient (Wildman–Crippen LogP) is 1.08. The standard InChI is InChI=1S/C8H8ClN3/c9-6-1-2-10-7(5-6)8-11-3-4-12-8/h1-2,5H,3-4H2,(H,11,12). The molecule has 0 unspecified atom stereocenters. The molecule has 1 aliphatic heterocycles. The van der Waals surface area contributed by atoms with Crippen molar-refractivity contribution >= 4 is 17.4 Å². The Bertz CT molecular complexity index is 322. The molecule has 1 N–H and O–H groups in total. The summed E-state index contributed by atoms with van der Waals surface area (Å²) in [4.78, 5) is 8.38. The highest BCUT2D eigenvalue weighted by molar-refractivity contribution is 6.30. The lowest BCUT2D eigenvalue weighted by molar-refractivity contribution is 0.958. The molecular formula is C8H8ClN3. The molecule has 1 aromatic heterocycles. The number of halogens is 1. The molecule has 0 spiro atoms. The van der Waals surface area contributed by atoms with Gasteiger partial charge in [0.1, 0.15) is 11.5 Å². The van der Waals surface area contributed by atoms with E-state index in [2.05, 4.69) is 15.3 Å². The first kappa shape index (κ1) is 7.55. The van der Waals surface area contributed by atoms with Gasteiger partial charge in [-0.15, -0.1) is 0 Å². The van der Waals surface area contributed by atoms with Crippen LogP contribution in [0.15, 0.2) is 23.3 Å². The molecule has 0 amide bonds. The van der Waals surface area contributed by atoms with Gasteiger partial charge >= 0.3 is 0 Å². The van der Waals surface area contributed by atoms with E-state index in [4.69, 9.17) is 11.6 Å². The summed E-state index contributed by atoms with van der Waals surface area (Å²) < 4.78 is 0. The molecule has 2 rings (SSSR count). The number of aromatic nitrogens is 1. The van der Waals surface area contributed by atoms with Crippen LogP contribution in [0.2, 0.25) is 5.02 Å². The summed E-state index contributed by atoms with van der Waals surface area (Å²) in [5, 5.41) is 3.82. The monoisotopic (exact) mass is 181 g/mol. The Morgan fingerprint density at radius 3 is 3.08 bits per heavy atom. The van der Waals surface area contributed by atoms with Crippen molar-refractivity contribution in [2.45, 2.75) is 0 Å². The third-order valence-corrected chi connectivity index (χ3v) is 1.87. The van der Waals surface area contributed by atoms with Gasteiger partial charge in [0.2, 0.25) is 0 Å². The first-order valence-electron chi connectivity index (χ1n) is 3.76. The van der Waals surface area contributed by atoms with Gasteiger partial charge in [0, 0.05) is 17.8 Å². The lowest BCUT2D eigenvalue weighted by Gasteiger charge is -2.00. The smallest absolute Gasteiger partial charge is 0.147 e. The second kappa shape index (κ2) is 3.11. The van der Waals surface area contributed by atoms with Crippen LogP contribution in [-0.4, -0.2) is 23.9 Å². The molecule has 12 heavy (non-hydrogen) atoms. The van der Waals surface area contributed by atoms with Gasteiger partial charge in [-0.3, -0.25) is 9.98 Å². The van der Waals surface area contributed by atoms with Gasteiger partial charge in [-0.05, 0) is 12.1 Å². The lowest BCUT2D eigenvalue weighted by atomic mass is 10.3. The van der Waals surface area contributed by atoms with Crippen LogP contribution in [-0.2, 0) is 0 Å². The molecule has 62 valence electrons. The van der Waals surface area contributed by atoms with Crippen LogP contribution < -0.4 is 5.32 Å². The average Bonchev–Trinajstić information content (AvgIpc) is 2.56. The molecule has 1 aromatic rings. The third kappa shape index (κ3) is 1.41. The fraction of sp³-hybridized carbons (Fsp3) is 0.250. The molecule has 0 saturated carbocycles. The van der Waals surface area contributed by atoms with Gasteiger partial charge in [-0.2, -0.15) is 0 Å². The molecule has 0 atom stereocenters. The van der Waals surface area contributed by atoms with Crippen molar-refractivity contribution < 1.29 is 0 Å². The number of aliphatic imine (C=N–C) groups is 1. The molecule has 0 aromatic carbocycles.